The molecule has 1 fully saturated rings. The Balaban J connectivity index is 1.75. The van der Waals surface area contributed by atoms with Gasteiger partial charge in [-0.05, 0) is 62.9 Å². The summed E-state index contributed by atoms with van der Waals surface area (Å²) in [6.45, 7) is 7.26. The SMILES string of the molecule is CC[C@H]1CCCCN1CCCNC(=O)c1ccc(OC)c(C)c1. The Kier molecular flexibility index (Phi) is 6.90. The molecule has 0 unspecified atom stereocenters. The number of ether oxygens (including phenoxy) is 1. The van der Waals surface area contributed by atoms with Crippen molar-refractivity contribution < 1.29 is 9.53 Å². The Labute approximate surface area is 140 Å². The Bertz CT molecular complexity index is 516. The zero-order chi connectivity index (χ0) is 16.7. The third-order valence-corrected chi connectivity index (χ3v) is 4.79. The molecule has 2 rings (SSSR count). The summed E-state index contributed by atoms with van der Waals surface area (Å²) in [5.41, 5.74) is 1.69. The van der Waals surface area contributed by atoms with Crippen LogP contribution >= 0.6 is 0 Å². The summed E-state index contributed by atoms with van der Waals surface area (Å²) in [4.78, 5) is 14.8. The lowest BCUT2D eigenvalue weighted by molar-refractivity contribution is 0.0947. The number of rotatable bonds is 7. The average Bonchev–Trinajstić information content (AvgIpc) is 2.58. The average molecular weight is 318 g/mol. The van der Waals surface area contributed by atoms with Crippen molar-refractivity contribution >= 4 is 5.91 Å². The Hall–Kier alpha value is -1.55. The van der Waals surface area contributed by atoms with E-state index in [0.29, 0.717) is 5.56 Å². The van der Waals surface area contributed by atoms with Gasteiger partial charge in [0, 0.05) is 24.7 Å². The van der Waals surface area contributed by atoms with Crippen LogP contribution in [0.1, 0.15) is 54.9 Å². The first-order valence-electron chi connectivity index (χ1n) is 8.82. The van der Waals surface area contributed by atoms with Crippen molar-refractivity contribution in [2.45, 2.75) is 52.0 Å². The summed E-state index contributed by atoms with van der Waals surface area (Å²) in [5.74, 6) is 0.818. The van der Waals surface area contributed by atoms with E-state index < -0.39 is 0 Å². The maximum atomic E-state index is 12.2. The summed E-state index contributed by atoms with van der Waals surface area (Å²) < 4.78 is 5.23. The molecule has 1 aliphatic heterocycles. The number of likely N-dealkylation sites (tertiary alicyclic amines) is 1. The number of nitrogens with zero attached hydrogens (tertiary/aromatic N) is 1. The van der Waals surface area contributed by atoms with Gasteiger partial charge in [-0.1, -0.05) is 13.3 Å². The molecular weight excluding hydrogens is 288 g/mol. The van der Waals surface area contributed by atoms with E-state index >= 15 is 0 Å². The molecule has 0 bridgehead atoms. The minimum Gasteiger partial charge on any atom is -0.496 e. The zero-order valence-corrected chi connectivity index (χ0v) is 14.7. The first-order valence-corrected chi connectivity index (χ1v) is 8.82. The molecule has 1 atom stereocenters. The van der Waals surface area contributed by atoms with E-state index in [2.05, 4.69) is 17.1 Å². The molecule has 1 amide bonds. The molecule has 23 heavy (non-hydrogen) atoms. The van der Waals surface area contributed by atoms with E-state index in [9.17, 15) is 4.79 Å². The van der Waals surface area contributed by atoms with Gasteiger partial charge in [-0.3, -0.25) is 4.79 Å². The smallest absolute Gasteiger partial charge is 0.251 e. The first kappa shape index (κ1) is 17.8. The number of methoxy groups -OCH3 is 1. The molecule has 4 heteroatoms. The third-order valence-electron chi connectivity index (χ3n) is 4.79. The summed E-state index contributed by atoms with van der Waals surface area (Å²) in [6, 6.07) is 6.29. The van der Waals surface area contributed by atoms with E-state index in [-0.39, 0.29) is 5.91 Å². The van der Waals surface area contributed by atoms with Crippen LogP contribution in [0, 0.1) is 6.92 Å². The second kappa shape index (κ2) is 8.92. The van der Waals surface area contributed by atoms with Crippen molar-refractivity contribution in [2.24, 2.45) is 0 Å². The van der Waals surface area contributed by atoms with E-state index in [1.54, 1.807) is 7.11 Å². The van der Waals surface area contributed by atoms with Crippen LogP contribution in [0.3, 0.4) is 0 Å². The molecule has 0 saturated carbocycles. The number of hydrogen-bond donors (Lipinski definition) is 1. The van der Waals surface area contributed by atoms with Crippen LogP contribution in [-0.4, -0.2) is 43.6 Å². The fourth-order valence-electron chi connectivity index (χ4n) is 3.42. The molecule has 1 saturated heterocycles. The van der Waals surface area contributed by atoms with Crippen molar-refractivity contribution in [3.05, 3.63) is 29.3 Å². The van der Waals surface area contributed by atoms with Gasteiger partial charge in [-0.2, -0.15) is 0 Å². The Morgan fingerprint density at radius 1 is 1.39 bits per heavy atom. The summed E-state index contributed by atoms with van der Waals surface area (Å²) in [7, 11) is 1.65. The number of amides is 1. The Morgan fingerprint density at radius 3 is 2.91 bits per heavy atom. The number of nitrogens with one attached hydrogen (secondary N) is 1. The topological polar surface area (TPSA) is 41.6 Å². The highest BCUT2D eigenvalue weighted by atomic mass is 16.5. The van der Waals surface area contributed by atoms with E-state index in [4.69, 9.17) is 4.74 Å². The highest BCUT2D eigenvalue weighted by Gasteiger charge is 2.19. The van der Waals surface area contributed by atoms with Crippen molar-refractivity contribution in [3.63, 3.8) is 0 Å². The number of hydrogen-bond acceptors (Lipinski definition) is 3. The fourth-order valence-corrected chi connectivity index (χ4v) is 3.42. The van der Waals surface area contributed by atoms with Crippen LogP contribution in [0.2, 0.25) is 0 Å². The lowest BCUT2D eigenvalue weighted by Gasteiger charge is -2.35. The molecular formula is C19H30N2O2. The maximum Gasteiger partial charge on any atom is 0.251 e. The summed E-state index contributed by atoms with van der Waals surface area (Å²) in [5, 5.41) is 3.03. The molecule has 4 nitrogen and oxygen atoms in total. The molecule has 0 spiro atoms. The predicted molar refractivity (Wildman–Crippen MR) is 94.2 cm³/mol. The van der Waals surface area contributed by atoms with E-state index in [1.165, 1.54) is 32.2 Å². The molecule has 0 radical (unpaired) electrons. The summed E-state index contributed by atoms with van der Waals surface area (Å²) in [6.07, 6.45) is 6.25. The number of aryl methyl sites for hydroxylation is 1. The van der Waals surface area contributed by atoms with Gasteiger partial charge in [0.15, 0.2) is 0 Å². The predicted octanol–water partition coefficient (Wildman–Crippen LogP) is 3.39. The van der Waals surface area contributed by atoms with Crippen LogP contribution in [0.5, 0.6) is 5.75 Å². The molecule has 1 aliphatic rings. The fraction of sp³-hybridized carbons (Fsp3) is 0.632. The highest BCUT2D eigenvalue weighted by molar-refractivity contribution is 5.94. The van der Waals surface area contributed by atoms with E-state index in [0.717, 1.165) is 36.9 Å². The monoisotopic (exact) mass is 318 g/mol. The molecule has 1 N–H and O–H groups in total. The first-order chi connectivity index (χ1) is 11.2. The van der Waals surface area contributed by atoms with Crippen LogP contribution < -0.4 is 10.1 Å². The number of benzene rings is 1. The maximum absolute atomic E-state index is 12.2. The molecule has 1 aromatic carbocycles. The van der Waals surface area contributed by atoms with Gasteiger partial charge < -0.3 is 15.0 Å². The lowest BCUT2D eigenvalue weighted by atomic mass is 10.00. The van der Waals surface area contributed by atoms with Gasteiger partial charge in [-0.25, -0.2) is 0 Å². The van der Waals surface area contributed by atoms with Gasteiger partial charge in [0.1, 0.15) is 5.75 Å². The number of carbonyl (C=O) groups excluding carboxylic acids is 1. The third kappa shape index (κ3) is 4.96. The number of carbonyl (C=O) groups is 1. The minimum absolute atomic E-state index is 0.00133. The van der Waals surface area contributed by atoms with Crippen molar-refractivity contribution in [2.75, 3.05) is 26.7 Å². The van der Waals surface area contributed by atoms with Gasteiger partial charge in [0.2, 0.25) is 0 Å². The normalized spacial score (nSPS) is 18.7. The molecule has 1 heterocycles. The molecule has 0 aliphatic carbocycles. The molecule has 1 aromatic rings. The van der Waals surface area contributed by atoms with Crippen molar-refractivity contribution in [1.82, 2.24) is 10.2 Å². The van der Waals surface area contributed by atoms with Crippen molar-refractivity contribution in [1.29, 1.82) is 0 Å². The van der Waals surface area contributed by atoms with Crippen LogP contribution in [0.15, 0.2) is 18.2 Å². The van der Waals surface area contributed by atoms with Gasteiger partial charge in [0.05, 0.1) is 7.11 Å². The van der Waals surface area contributed by atoms with Crippen LogP contribution in [-0.2, 0) is 0 Å². The van der Waals surface area contributed by atoms with Gasteiger partial charge in [-0.15, -0.1) is 0 Å². The highest BCUT2D eigenvalue weighted by Crippen LogP contribution is 2.20. The second-order valence-corrected chi connectivity index (χ2v) is 6.39. The van der Waals surface area contributed by atoms with Gasteiger partial charge >= 0.3 is 0 Å². The zero-order valence-electron chi connectivity index (χ0n) is 14.7. The standard InChI is InChI=1S/C19H30N2O2/c1-4-17-8-5-6-12-21(17)13-7-11-20-19(22)16-9-10-18(23-3)15(2)14-16/h9-10,14,17H,4-8,11-13H2,1-3H3,(H,20,22)/t17-/m0/s1. The quantitative estimate of drug-likeness (QED) is 0.784. The molecule has 128 valence electrons. The van der Waals surface area contributed by atoms with Crippen LogP contribution in [0.25, 0.3) is 0 Å². The van der Waals surface area contributed by atoms with Gasteiger partial charge in [0.25, 0.3) is 5.91 Å². The number of piperidine rings is 1. The molecule has 0 aromatic heterocycles. The van der Waals surface area contributed by atoms with E-state index in [1.807, 2.05) is 25.1 Å². The Morgan fingerprint density at radius 2 is 2.22 bits per heavy atom. The second-order valence-electron chi connectivity index (χ2n) is 6.39. The minimum atomic E-state index is 0.00133. The summed E-state index contributed by atoms with van der Waals surface area (Å²) >= 11 is 0. The largest absolute Gasteiger partial charge is 0.496 e. The van der Waals surface area contributed by atoms with Crippen molar-refractivity contribution in [3.8, 4) is 5.75 Å². The lowest BCUT2D eigenvalue weighted by Crippen LogP contribution is -2.40. The van der Waals surface area contributed by atoms with Crippen LogP contribution in [0.4, 0.5) is 0 Å².